The lowest BCUT2D eigenvalue weighted by molar-refractivity contribution is 0.590. The van der Waals surface area contributed by atoms with E-state index in [2.05, 4.69) is 255 Å². The van der Waals surface area contributed by atoms with Crippen LogP contribution in [0.25, 0.3) is 34.4 Å². The monoisotopic (exact) mass is 722 g/mol. The molecule has 0 atom stereocenters. The van der Waals surface area contributed by atoms with Gasteiger partial charge in [-0.2, -0.15) is 0 Å². The summed E-state index contributed by atoms with van der Waals surface area (Å²) in [5, 5.41) is 0. The van der Waals surface area contributed by atoms with E-state index in [1.165, 1.54) is 27.8 Å². The van der Waals surface area contributed by atoms with Gasteiger partial charge in [-0.15, -0.1) is 0 Å². The zero-order valence-corrected chi connectivity index (χ0v) is 32.3. The van der Waals surface area contributed by atoms with E-state index in [1.54, 1.807) is 0 Å². The molecule has 0 saturated heterocycles. The van der Waals surface area contributed by atoms with E-state index in [0.717, 1.165) is 45.3 Å². The number of benzene rings is 8. The maximum atomic E-state index is 2.33. The molecule has 0 unspecified atom stereocenters. The molecule has 0 aliphatic heterocycles. The van der Waals surface area contributed by atoms with Crippen LogP contribution in [0.5, 0.6) is 0 Å². The lowest BCUT2D eigenvalue weighted by Crippen LogP contribution is -2.13. The average Bonchev–Trinajstić information content (AvgIpc) is 3.25. The molecule has 8 rings (SSSR count). The van der Waals surface area contributed by atoms with E-state index in [1.807, 2.05) is 0 Å². The molecule has 272 valence electrons. The van der Waals surface area contributed by atoms with Gasteiger partial charge in [0.15, 0.2) is 0 Å². The number of nitrogens with zero attached hydrogens (tertiary/aromatic N) is 2. The Bertz CT molecular complexity index is 2440. The Morgan fingerprint density at radius 2 is 0.554 bits per heavy atom. The third kappa shape index (κ3) is 8.26. The molecule has 0 heterocycles. The Hall–Kier alpha value is -6.90. The predicted molar refractivity (Wildman–Crippen MR) is 241 cm³/mol. The molecular weight excluding hydrogens is 677 g/mol. The topological polar surface area (TPSA) is 6.48 Å². The molecule has 0 bridgehead atoms. The third-order valence-corrected chi connectivity index (χ3v) is 10.2. The van der Waals surface area contributed by atoms with E-state index in [0.29, 0.717) is 0 Å². The highest BCUT2D eigenvalue weighted by atomic mass is 15.1. The van der Waals surface area contributed by atoms with Gasteiger partial charge in [-0.3, -0.25) is 0 Å². The molecule has 0 radical (unpaired) electrons. The Morgan fingerprint density at radius 1 is 0.286 bits per heavy atom. The number of hydrogen-bond acceptors (Lipinski definition) is 2. The van der Waals surface area contributed by atoms with Crippen molar-refractivity contribution >= 4 is 46.3 Å². The molecular formula is C54H46N2. The lowest BCUT2D eigenvalue weighted by Gasteiger charge is -2.27. The van der Waals surface area contributed by atoms with Crippen molar-refractivity contribution in [3.63, 3.8) is 0 Å². The van der Waals surface area contributed by atoms with Gasteiger partial charge in [0.05, 0.1) is 0 Å². The summed E-state index contributed by atoms with van der Waals surface area (Å²) >= 11 is 0. The van der Waals surface area contributed by atoms with Crippen molar-refractivity contribution < 1.29 is 0 Å². The largest absolute Gasteiger partial charge is 0.311 e. The molecule has 2 heteroatoms. The molecule has 0 aliphatic carbocycles. The van der Waals surface area contributed by atoms with Gasteiger partial charge in [0.1, 0.15) is 0 Å². The molecule has 56 heavy (non-hydrogen) atoms. The predicted octanol–water partition coefficient (Wildman–Crippen LogP) is 15.4. The summed E-state index contributed by atoms with van der Waals surface area (Å²) in [6, 6.07) is 75.9. The first-order valence-corrected chi connectivity index (χ1v) is 19.3. The second-order valence-electron chi connectivity index (χ2n) is 15.1. The summed E-state index contributed by atoms with van der Waals surface area (Å²) in [5.41, 5.74) is 15.3. The SMILES string of the molecule is CC(C)(C)c1ccc(N(c2ccc(/C=C/c3ccc(-c4ccc(N(c5ccccc5)c5ccccc5)cc4)cc3)cc2)c2ccc(-c3ccccc3)cc2)cc1. The van der Waals surface area contributed by atoms with Crippen LogP contribution in [0, 0.1) is 0 Å². The molecule has 0 aromatic heterocycles. The first kappa shape index (κ1) is 36.1. The van der Waals surface area contributed by atoms with Crippen molar-refractivity contribution in [2.24, 2.45) is 0 Å². The average molecular weight is 723 g/mol. The first-order chi connectivity index (χ1) is 27.4. The number of rotatable bonds is 10. The van der Waals surface area contributed by atoms with Crippen LogP contribution in [-0.2, 0) is 5.41 Å². The van der Waals surface area contributed by atoms with Crippen LogP contribution in [0.1, 0.15) is 37.5 Å². The van der Waals surface area contributed by atoms with Gasteiger partial charge in [-0.05, 0) is 117 Å². The summed E-state index contributed by atoms with van der Waals surface area (Å²) in [7, 11) is 0. The van der Waals surface area contributed by atoms with Crippen LogP contribution in [0.4, 0.5) is 34.1 Å². The molecule has 0 saturated carbocycles. The summed E-state index contributed by atoms with van der Waals surface area (Å²) in [5.74, 6) is 0. The Kier molecular flexibility index (Phi) is 10.5. The fourth-order valence-corrected chi connectivity index (χ4v) is 7.11. The minimum atomic E-state index is 0.0918. The Labute approximate surface area is 332 Å². The zero-order chi connectivity index (χ0) is 38.3. The quantitative estimate of drug-likeness (QED) is 0.130. The van der Waals surface area contributed by atoms with Crippen molar-refractivity contribution in [3.8, 4) is 22.3 Å². The van der Waals surface area contributed by atoms with Crippen LogP contribution in [0.3, 0.4) is 0 Å². The highest BCUT2D eigenvalue weighted by Gasteiger charge is 2.17. The fourth-order valence-electron chi connectivity index (χ4n) is 7.11. The maximum Gasteiger partial charge on any atom is 0.0462 e. The highest BCUT2D eigenvalue weighted by molar-refractivity contribution is 5.81. The van der Waals surface area contributed by atoms with Crippen LogP contribution >= 0.6 is 0 Å². The zero-order valence-electron chi connectivity index (χ0n) is 32.3. The van der Waals surface area contributed by atoms with Crippen molar-refractivity contribution in [2.75, 3.05) is 9.80 Å². The standard InChI is InChI=1S/C54H46N2/c1-54(2,3)47-31-39-53(40-32-47)56(52-35-27-45(28-36-52)43-13-7-4-8-14-43)50-33-23-42(24-34-50)20-19-41-21-25-44(26-22-41)46-29-37-51(38-30-46)55(48-15-9-5-10-16-48)49-17-11-6-12-18-49/h4-40H,1-3H3/b20-19+. The Morgan fingerprint density at radius 3 is 0.929 bits per heavy atom. The minimum absolute atomic E-state index is 0.0918. The van der Waals surface area contributed by atoms with Crippen molar-refractivity contribution in [1.82, 2.24) is 0 Å². The van der Waals surface area contributed by atoms with Gasteiger partial charge in [0.25, 0.3) is 0 Å². The number of hydrogen-bond donors (Lipinski definition) is 0. The second kappa shape index (κ2) is 16.2. The molecule has 2 nitrogen and oxygen atoms in total. The van der Waals surface area contributed by atoms with E-state index in [4.69, 9.17) is 0 Å². The third-order valence-electron chi connectivity index (χ3n) is 10.2. The summed E-state index contributed by atoms with van der Waals surface area (Å²) in [4.78, 5) is 4.62. The second-order valence-corrected chi connectivity index (χ2v) is 15.1. The molecule has 0 aliphatic rings. The molecule has 8 aromatic rings. The fraction of sp³-hybridized carbons (Fsp3) is 0.0741. The molecule has 0 N–H and O–H groups in total. The number of anilines is 6. The van der Waals surface area contributed by atoms with Crippen LogP contribution in [0.15, 0.2) is 212 Å². The molecule has 0 spiro atoms. The van der Waals surface area contributed by atoms with Crippen LogP contribution in [-0.4, -0.2) is 0 Å². The first-order valence-electron chi connectivity index (χ1n) is 19.3. The molecule has 0 amide bonds. The summed E-state index contributed by atoms with van der Waals surface area (Å²) in [6.07, 6.45) is 4.37. The molecule has 0 fully saturated rings. The summed E-state index contributed by atoms with van der Waals surface area (Å²) in [6.45, 7) is 6.77. The molecule has 8 aromatic carbocycles. The lowest BCUT2D eigenvalue weighted by atomic mass is 9.87. The van der Waals surface area contributed by atoms with E-state index in [-0.39, 0.29) is 5.41 Å². The van der Waals surface area contributed by atoms with Gasteiger partial charge in [-0.25, -0.2) is 0 Å². The minimum Gasteiger partial charge on any atom is -0.311 e. The van der Waals surface area contributed by atoms with Crippen molar-refractivity contribution in [2.45, 2.75) is 26.2 Å². The van der Waals surface area contributed by atoms with Gasteiger partial charge < -0.3 is 9.80 Å². The van der Waals surface area contributed by atoms with Crippen LogP contribution < -0.4 is 9.80 Å². The van der Waals surface area contributed by atoms with Gasteiger partial charge in [-0.1, -0.05) is 172 Å². The maximum absolute atomic E-state index is 2.33. The van der Waals surface area contributed by atoms with Gasteiger partial charge in [0, 0.05) is 34.1 Å². The van der Waals surface area contributed by atoms with Crippen molar-refractivity contribution in [1.29, 1.82) is 0 Å². The number of para-hydroxylation sites is 2. The van der Waals surface area contributed by atoms with Crippen LogP contribution in [0.2, 0.25) is 0 Å². The Balaban J connectivity index is 0.994. The smallest absolute Gasteiger partial charge is 0.0462 e. The van der Waals surface area contributed by atoms with Crippen molar-refractivity contribution in [3.05, 3.63) is 229 Å². The highest BCUT2D eigenvalue weighted by Crippen LogP contribution is 2.38. The van der Waals surface area contributed by atoms with E-state index < -0.39 is 0 Å². The van der Waals surface area contributed by atoms with Gasteiger partial charge >= 0.3 is 0 Å². The van der Waals surface area contributed by atoms with Gasteiger partial charge in [0.2, 0.25) is 0 Å². The van der Waals surface area contributed by atoms with E-state index >= 15 is 0 Å². The summed E-state index contributed by atoms with van der Waals surface area (Å²) < 4.78 is 0. The van der Waals surface area contributed by atoms with E-state index in [9.17, 15) is 0 Å². The normalized spacial score (nSPS) is 11.4.